The molecule has 11 nitrogen and oxygen atoms in total. The van der Waals surface area contributed by atoms with Gasteiger partial charge in [0.15, 0.2) is 5.69 Å². The maximum atomic E-state index is 14.1. The van der Waals surface area contributed by atoms with Crippen LogP contribution in [-0.4, -0.2) is 40.2 Å². The maximum Gasteiger partial charge on any atom is 0.436 e. The molecule has 2 atom stereocenters. The van der Waals surface area contributed by atoms with Crippen molar-refractivity contribution >= 4 is 23.2 Å². The molecule has 4 heterocycles. The molecule has 0 saturated heterocycles. The number of aromatic nitrogens is 7. The van der Waals surface area contributed by atoms with Crippen molar-refractivity contribution in [2.24, 2.45) is 5.92 Å². The number of carbonyl (C=O) groups excluding carboxylic acids is 1. The number of fused-ring (bicyclic) bond motifs is 4. The van der Waals surface area contributed by atoms with Gasteiger partial charge in [-0.15, -0.1) is 5.10 Å². The summed E-state index contributed by atoms with van der Waals surface area (Å²) in [5, 5.41) is 23.3. The topological polar surface area (TPSA) is 136 Å². The van der Waals surface area contributed by atoms with Crippen LogP contribution in [0, 0.1) is 17.2 Å². The highest BCUT2D eigenvalue weighted by Crippen LogP contribution is 2.37. The molecule has 2 bridgehead atoms. The van der Waals surface area contributed by atoms with Crippen LogP contribution in [0.25, 0.3) is 28.2 Å². The molecule has 1 N–H and O–H groups in total. The van der Waals surface area contributed by atoms with Crippen LogP contribution in [0.4, 0.5) is 27.6 Å². The minimum absolute atomic E-state index is 0.0422. The second-order valence-corrected chi connectivity index (χ2v) is 11.6. The normalized spacial score (nSPS) is 16.9. The van der Waals surface area contributed by atoms with Gasteiger partial charge in [0.25, 0.3) is 5.56 Å². The van der Waals surface area contributed by atoms with Crippen molar-refractivity contribution in [1.82, 2.24) is 34.3 Å². The van der Waals surface area contributed by atoms with Gasteiger partial charge >= 0.3 is 12.7 Å². The molecule has 0 aliphatic carbocycles. The van der Waals surface area contributed by atoms with Gasteiger partial charge in [-0.05, 0) is 54.8 Å². The van der Waals surface area contributed by atoms with Gasteiger partial charge in [-0.2, -0.15) is 32.3 Å². The molecule has 1 amide bonds. The Hall–Kier alpha value is -5.43. The molecule has 0 spiro atoms. The highest BCUT2D eigenvalue weighted by atomic mass is 35.5. The summed E-state index contributed by atoms with van der Waals surface area (Å²) < 4.78 is 70.5. The Labute approximate surface area is 273 Å². The molecule has 1 aliphatic rings. The summed E-state index contributed by atoms with van der Waals surface area (Å²) in [5.41, 5.74) is -0.720. The Morgan fingerprint density at radius 3 is 2.58 bits per heavy atom. The van der Waals surface area contributed by atoms with Crippen molar-refractivity contribution in [3.05, 3.63) is 93.4 Å². The quantitative estimate of drug-likeness (QED) is 0.210. The Morgan fingerprint density at radius 2 is 1.90 bits per heavy atom. The molecule has 0 saturated carbocycles. The first-order chi connectivity index (χ1) is 22.8. The highest BCUT2D eigenvalue weighted by Gasteiger charge is 2.35. The van der Waals surface area contributed by atoms with Gasteiger partial charge in [-0.25, -0.2) is 14.3 Å². The smallest absolute Gasteiger partial charge is 0.323 e. The lowest BCUT2D eigenvalue weighted by molar-refractivity contribution is -0.141. The Morgan fingerprint density at radius 1 is 1.10 bits per heavy atom. The fourth-order valence-electron chi connectivity index (χ4n) is 5.62. The molecule has 5 aromatic rings. The molecule has 2 aromatic carbocycles. The number of benzene rings is 2. The van der Waals surface area contributed by atoms with E-state index in [1.165, 1.54) is 41.2 Å². The summed E-state index contributed by atoms with van der Waals surface area (Å²) in [6.45, 7) is -1.37. The molecule has 0 fully saturated rings. The molecular formula is C31H23ClF5N9O2. The van der Waals surface area contributed by atoms with Crippen molar-refractivity contribution in [2.75, 3.05) is 5.32 Å². The summed E-state index contributed by atoms with van der Waals surface area (Å²) in [4.78, 5) is 31.2. The second-order valence-electron chi connectivity index (χ2n) is 11.1. The molecule has 2 unspecified atom stereocenters. The Bertz CT molecular complexity index is 2130. The lowest BCUT2D eigenvalue weighted by Gasteiger charge is -2.23. The van der Waals surface area contributed by atoms with Crippen LogP contribution >= 0.6 is 11.6 Å². The van der Waals surface area contributed by atoms with Crippen molar-refractivity contribution in [2.45, 2.75) is 45.0 Å². The fraction of sp³-hybridized carbons (Fsp3) is 0.258. The monoisotopic (exact) mass is 683 g/mol. The number of amides is 1. The summed E-state index contributed by atoms with van der Waals surface area (Å²) in [6, 6.07) is 11.2. The van der Waals surface area contributed by atoms with E-state index in [-0.39, 0.29) is 44.5 Å². The second kappa shape index (κ2) is 12.6. The van der Waals surface area contributed by atoms with Crippen molar-refractivity contribution in [3.8, 4) is 34.3 Å². The van der Waals surface area contributed by atoms with Crippen molar-refractivity contribution in [3.63, 3.8) is 0 Å². The van der Waals surface area contributed by atoms with E-state index in [9.17, 15) is 36.8 Å². The number of alkyl halides is 5. The van der Waals surface area contributed by atoms with Crippen molar-refractivity contribution in [1.29, 1.82) is 5.26 Å². The number of hydrogen-bond donors (Lipinski definition) is 1. The number of rotatable bonds is 4. The number of carbonyl (C=O) groups is 1. The van der Waals surface area contributed by atoms with Crippen LogP contribution in [0.15, 0.2) is 66.0 Å². The third-order valence-electron chi connectivity index (χ3n) is 7.98. The molecule has 6 rings (SSSR count). The predicted octanol–water partition coefficient (Wildman–Crippen LogP) is 6.64. The molecule has 3 aromatic heterocycles. The first-order valence-electron chi connectivity index (χ1n) is 14.4. The van der Waals surface area contributed by atoms with Crippen LogP contribution in [0.2, 0.25) is 5.02 Å². The van der Waals surface area contributed by atoms with E-state index in [1.807, 2.05) is 6.07 Å². The fourth-order valence-corrected chi connectivity index (χ4v) is 5.79. The minimum Gasteiger partial charge on any atom is -0.323 e. The SMILES string of the molecule is CC1CCCC(n2cnc(-c3cc(Cl)ccc3-n3cc(C(F)(F)F)nn3)cc2=O)c2cc(C#N)cc(c2)-c2c(cnn2C(F)F)NC1=O. The van der Waals surface area contributed by atoms with Crippen LogP contribution in [0.1, 0.15) is 55.6 Å². The van der Waals surface area contributed by atoms with E-state index in [4.69, 9.17) is 11.6 Å². The van der Waals surface area contributed by atoms with E-state index >= 15 is 0 Å². The molecule has 1 aliphatic heterocycles. The van der Waals surface area contributed by atoms with Crippen LogP contribution in [0.3, 0.4) is 0 Å². The Kier molecular flexibility index (Phi) is 8.56. The standard InChI is InChI=1S/C31H23ClF5N9O2/c1-16-3-2-4-24(18-7-17(12-38)8-19(9-18)28-23(41-29(16)48)13-40-46(28)30(33)34)44-15-39-22(11-27(44)47)21-10-20(32)5-6-25(21)45-14-26(42-43-45)31(35,36)37/h5-11,13-16,24,30H,2-4H2,1H3,(H,41,48). The molecule has 17 heteroatoms. The van der Waals surface area contributed by atoms with Crippen LogP contribution in [-0.2, 0) is 11.0 Å². The lowest BCUT2D eigenvalue weighted by atomic mass is 9.92. The minimum atomic E-state index is -4.73. The highest BCUT2D eigenvalue weighted by molar-refractivity contribution is 6.31. The lowest BCUT2D eigenvalue weighted by Crippen LogP contribution is -2.27. The van der Waals surface area contributed by atoms with E-state index in [0.717, 1.165) is 10.9 Å². The summed E-state index contributed by atoms with van der Waals surface area (Å²) in [7, 11) is 0. The van der Waals surface area contributed by atoms with Gasteiger partial charge < -0.3 is 5.32 Å². The first-order valence-corrected chi connectivity index (χ1v) is 14.8. The average Bonchev–Trinajstić information content (AvgIpc) is 3.71. The largest absolute Gasteiger partial charge is 0.436 e. The van der Waals surface area contributed by atoms with E-state index < -0.39 is 41.8 Å². The van der Waals surface area contributed by atoms with Crippen LogP contribution in [0.5, 0.6) is 0 Å². The average molecular weight is 684 g/mol. The van der Waals surface area contributed by atoms with Gasteiger partial charge in [-0.1, -0.05) is 30.2 Å². The third kappa shape index (κ3) is 6.28. The van der Waals surface area contributed by atoms with E-state index in [0.29, 0.717) is 35.7 Å². The number of nitrogens with one attached hydrogen (secondary N) is 1. The molecule has 246 valence electrons. The number of halogens is 6. The number of anilines is 1. The summed E-state index contributed by atoms with van der Waals surface area (Å²) >= 11 is 6.21. The number of nitriles is 1. The molecular weight excluding hydrogens is 661 g/mol. The van der Waals surface area contributed by atoms with Gasteiger partial charge in [0, 0.05) is 28.1 Å². The van der Waals surface area contributed by atoms with E-state index in [1.54, 1.807) is 19.1 Å². The van der Waals surface area contributed by atoms with Gasteiger partial charge in [-0.3, -0.25) is 14.2 Å². The van der Waals surface area contributed by atoms with Gasteiger partial charge in [0.1, 0.15) is 0 Å². The zero-order valence-electron chi connectivity index (χ0n) is 24.8. The zero-order valence-corrected chi connectivity index (χ0v) is 25.5. The third-order valence-corrected chi connectivity index (χ3v) is 8.22. The Balaban J connectivity index is 1.47. The number of nitrogens with zero attached hydrogens (tertiary/aromatic N) is 8. The molecule has 48 heavy (non-hydrogen) atoms. The zero-order chi connectivity index (χ0) is 34.3. The predicted molar refractivity (Wildman–Crippen MR) is 162 cm³/mol. The molecule has 0 radical (unpaired) electrons. The van der Waals surface area contributed by atoms with E-state index in [2.05, 4.69) is 25.7 Å². The van der Waals surface area contributed by atoms with Gasteiger partial charge in [0.05, 0.1) is 59.2 Å². The summed E-state index contributed by atoms with van der Waals surface area (Å²) in [6.07, 6.45) is -0.521. The van der Waals surface area contributed by atoms with Gasteiger partial charge in [0.2, 0.25) is 5.91 Å². The summed E-state index contributed by atoms with van der Waals surface area (Å²) in [5.74, 6) is -0.928. The van der Waals surface area contributed by atoms with Crippen LogP contribution < -0.4 is 10.9 Å². The maximum absolute atomic E-state index is 14.1. The number of hydrogen-bond acceptors (Lipinski definition) is 7. The first kappa shape index (κ1) is 32.5. The van der Waals surface area contributed by atoms with Crippen molar-refractivity contribution < 1.29 is 26.7 Å².